The van der Waals surface area contributed by atoms with E-state index in [1.54, 1.807) is 6.33 Å². The molecule has 0 radical (unpaired) electrons. The van der Waals surface area contributed by atoms with E-state index in [1.807, 2.05) is 0 Å². The van der Waals surface area contributed by atoms with Crippen LogP contribution in [0.2, 0.25) is 0 Å². The van der Waals surface area contributed by atoms with Crippen LogP contribution in [0.5, 0.6) is 0 Å². The summed E-state index contributed by atoms with van der Waals surface area (Å²) in [6.07, 6.45) is 1.65. The molecule has 1 rings (SSSR count). The minimum atomic E-state index is 0.444. The van der Waals surface area contributed by atoms with Gasteiger partial charge >= 0.3 is 0 Å². The quantitative estimate of drug-likeness (QED) is 0.829. The van der Waals surface area contributed by atoms with Gasteiger partial charge in [-0.2, -0.15) is 0 Å². The molecule has 0 aliphatic carbocycles. The van der Waals surface area contributed by atoms with Crippen molar-refractivity contribution in [2.45, 2.75) is 47.5 Å². The average molecular weight is 249 g/mol. The van der Waals surface area contributed by atoms with Gasteiger partial charge in [-0.1, -0.05) is 41.5 Å². The molecule has 1 heterocycles. The molecule has 0 fully saturated rings. The molecule has 0 saturated heterocycles. The lowest BCUT2D eigenvalue weighted by Gasteiger charge is -2.25. The summed E-state index contributed by atoms with van der Waals surface area (Å²) in [5.74, 6) is 3.43. The highest BCUT2D eigenvalue weighted by Gasteiger charge is 2.17. The number of hydrogen-bond donors (Lipinski definition) is 1. The van der Waals surface area contributed by atoms with Crippen LogP contribution in [-0.2, 0) is 0 Å². The molecule has 0 spiro atoms. The van der Waals surface area contributed by atoms with Crippen LogP contribution in [0.25, 0.3) is 0 Å². The Bertz CT molecular complexity index is 351. The maximum absolute atomic E-state index is 4.29. The smallest absolute Gasteiger partial charge is 0.129 e. The highest BCUT2D eigenvalue weighted by atomic mass is 15.0. The van der Waals surface area contributed by atoms with Gasteiger partial charge in [0, 0.05) is 18.3 Å². The van der Waals surface area contributed by atoms with Gasteiger partial charge in [0.2, 0.25) is 0 Å². The van der Waals surface area contributed by atoms with Gasteiger partial charge in [-0.25, -0.2) is 9.97 Å². The molecule has 0 atom stereocenters. The predicted molar refractivity (Wildman–Crippen MR) is 77.8 cm³/mol. The molecule has 0 unspecified atom stereocenters. The first-order valence-electron chi connectivity index (χ1n) is 6.97. The molecule has 0 bridgehead atoms. The zero-order valence-corrected chi connectivity index (χ0v) is 12.6. The van der Waals surface area contributed by atoms with Gasteiger partial charge in [0.25, 0.3) is 0 Å². The third-order valence-corrected chi connectivity index (χ3v) is 3.51. The van der Waals surface area contributed by atoms with Crippen molar-refractivity contribution in [1.29, 1.82) is 0 Å². The first kappa shape index (κ1) is 14.9. The molecule has 18 heavy (non-hydrogen) atoms. The van der Waals surface area contributed by atoms with Crippen LogP contribution in [0.4, 0.5) is 5.82 Å². The van der Waals surface area contributed by atoms with E-state index in [-0.39, 0.29) is 0 Å². The average Bonchev–Trinajstić information content (AvgIpc) is 2.28. The van der Waals surface area contributed by atoms with E-state index in [0.717, 1.165) is 18.1 Å². The molecule has 0 amide bonds. The summed E-state index contributed by atoms with van der Waals surface area (Å²) in [5, 5.41) is 3.45. The van der Waals surface area contributed by atoms with Gasteiger partial charge in [0.1, 0.15) is 12.1 Å². The third kappa shape index (κ3) is 4.28. The monoisotopic (exact) mass is 249 g/mol. The maximum atomic E-state index is 4.29. The molecule has 1 N–H and O–H groups in total. The van der Waals surface area contributed by atoms with E-state index in [2.05, 4.69) is 62.9 Å². The fourth-order valence-electron chi connectivity index (χ4n) is 2.25. The molecule has 0 aliphatic heterocycles. The summed E-state index contributed by atoms with van der Waals surface area (Å²) in [6.45, 7) is 14.4. The van der Waals surface area contributed by atoms with Gasteiger partial charge in [0.05, 0.1) is 0 Å². The minimum Gasteiger partial charge on any atom is -0.370 e. The van der Waals surface area contributed by atoms with Crippen molar-refractivity contribution >= 4 is 5.82 Å². The minimum absolute atomic E-state index is 0.444. The SMILES string of the molecule is CC(C)c1cc(NCC(C(C)C)C(C)C)ncn1. The molecule has 3 nitrogen and oxygen atoms in total. The van der Waals surface area contributed by atoms with Crippen LogP contribution >= 0.6 is 0 Å². The summed E-state index contributed by atoms with van der Waals surface area (Å²) in [6, 6.07) is 2.06. The van der Waals surface area contributed by atoms with E-state index in [9.17, 15) is 0 Å². The first-order chi connectivity index (χ1) is 8.41. The second kappa shape index (κ2) is 6.72. The number of nitrogens with zero attached hydrogens (tertiary/aromatic N) is 2. The number of anilines is 1. The van der Waals surface area contributed by atoms with Crippen LogP contribution in [-0.4, -0.2) is 16.5 Å². The van der Waals surface area contributed by atoms with Crippen LogP contribution in [0.3, 0.4) is 0 Å². The van der Waals surface area contributed by atoms with Crippen molar-refractivity contribution in [2.75, 3.05) is 11.9 Å². The largest absolute Gasteiger partial charge is 0.370 e. The Morgan fingerprint density at radius 2 is 1.61 bits per heavy atom. The van der Waals surface area contributed by atoms with Crippen molar-refractivity contribution in [2.24, 2.45) is 17.8 Å². The van der Waals surface area contributed by atoms with E-state index in [1.165, 1.54) is 0 Å². The molecular weight excluding hydrogens is 222 g/mol. The maximum Gasteiger partial charge on any atom is 0.129 e. The fraction of sp³-hybridized carbons (Fsp3) is 0.733. The van der Waals surface area contributed by atoms with Crippen LogP contribution in [0.1, 0.15) is 53.2 Å². The summed E-state index contributed by atoms with van der Waals surface area (Å²) in [5.41, 5.74) is 1.10. The lowest BCUT2D eigenvalue weighted by molar-refractivity contribution is 0.304. The zero-order chi connectivity index (χ0) is 13.7. The van der Waals surface area contributed by atoms with Crippen LogP contribution in [0, 0.1) is 17.8 Å². The van der Waals surface area contributed by atoms with Crippen LogP contribution < -0.4 is 5.32 Å². The summed E-state index contributed by atoms with van der Waals surface area (Å²) >= 11 is 0. The van der Waals surface area contributed by atoms with Gasteiger partial charge in [0.15, 0.2) is 0 Å². The Labute approximate surface area is 111 Å². The first-order valence-corrected chi connectivity index (χ1v) is 6.97. The Kier molecular flexibility index (Phi) is 5.57. The van der Waals surface area contributed by atoms with E-state index >= 15 is 0 Å². The van der Waals surface area contributed by atoms with Crippen molar-refractivity contribution in [3.8, 4) is 0 Å². The van der Waals surface area contributed by atoms with E-state index in [4.69, 9.17) is 0 Å². The Hall–Kier alpha value is -1.12. The van der Waals surface area contributed by atoms with Crippen molar-refractivity contribution < 1.29 is 0 Å². The van der Waals surface area contributed by atoms with Crippen molar-refractivity contribution in [1.82, 2.24) is 9.97 Å². The Morgan fingerprint density at radius 3 is 2.11 bits per heavy atom. The second-order valence-corrected chi connectivity index (χ2v) is 6.02. The summed E-state index contributed by atoms with van der Waals surface area (Å²) < 4.78 is 0. The topological polar surface area (TPSA) is 37.8 Å². The van der Waals surface area contributed by atoms with Crippen LogP contribution in [0.15, 0.2) is 12.4 Å². The van der Waals surface area contributed by atoms with Crippen molar-refractivity contribution in [3.63, 3.8) is 0 Å². The molecule has 1 aromatic heterocycles. The predicted octanol–water partition coefficient (Wildman–Crippen LogP) is 3.94. The summed E-state index contributed by atoms with van der Waals surface area (Å²) in [7, 11) is 0. The number of rotatable bonds is 6. The molecule has 0 aliphatic rings. The Balaban J connectivity index is 2.65. The Morgan fingerprint density at radius 1 is 1.00 bits per heavy atom. The summed E-state index contributed by atoms with van der Waals surface area (Å²) in [4.78, 5) is 8.58. The van der Waals surface area contributed by atoms with E-state index in [0.29, 0.717) is 23.7 Å². The second-order valence-electron chi connectivity index (χ2n) is 6.02. The third-order valence-electron chi connectivity index (χ3n) is 3.51. The fourth-order valence-corrected chi connectivity index (χ4v) is 2.25. The number of aromatic nitrogens is 2. The highest BCUT2D eigenvalue weighted by molar-refractivity contribution is 5.35. The highest BCUT2D eigenvalue weighted by Crippen LogP contribution is 2.21. The normalized spacial score (nSPS) is 11.9. The molecule has 3 heteroatoms. The van der Waals surface area contributed by atoms with Gasteiger partial charge in [-0.05, 0) is 23.7 Å². The number of hydrogen-bond acceptors (Lipinski definition) is 3. The molecular formula is C15H27N3. The van der Waals surface area contributed by atoms with Crippen molar-refractivity contribution in [3.05, 3.63) is 18.1 Å². The molecule has 102 valence electrons. The standard InChI is InChI=1S/C15H27N3/c1-10(2)13(11(3)4)8-16-15-7-14(12(5)6)17-9-18-15/h7,9-13H,8H2,1-6H3,(H,16,17,18). The van der Waals surface area contributed by atoms with Gasteiger partial charge < -0.3 is 5.32 Å². The van der Waals surface area contributed by atoms with E-state index < -0.39 is 0 Å². The van der Waals surface area contributed by atoms with Gasteiger partial charge in [-0.15, -0.1) is 0 Å². The molecule has 0 aromatic carbocycles. The zero-order valence-electron chi connectivity index (χ0n) is 12.6. The van der Waals surface area contributed by atoms with Gasteiger partial charge in [-0.3, -0.25) is 0 Å². The molecule has 1 aromatic rings. The number of nitrogens with one attached hydrogen (secondary N) is 1. The lowest BCUT2D eigenvalue weighted by atomic mass is 9.85. The lowest BCUT2D eigenvalue weighted by Crippen LogP contribution is -2.24. The molecule has 0 saturated carbocycles.